The quantitative estimate of drug-likeness (QED) is 0.328. The van der Waals surface area contributed by atoms with Gasteiger partial charge in [-0.05, 0) is 67.1 Å². The summed E-state index contributed by atoms with van der Waals surface area (Å²) < 4.78 is 5.02. The van der Waals surface area contributed by atoms with Crippen LogP contribution in [-0.4, -0.2) is 39.7 Å². The molecule has 37 heavy (non-hydrogen) atoms. The van der Waals surface area contributed by atoms with Crippen molar-refractivity contribution in [3.05, 3.63) is 94.0 Å². The molecule has 1 heterocycles. The van der Waals surface area contributed by atoms with Crippen LogP contribution in [0.3, 0.4) is 0 Å². The first-order valence-electron chi connectivity index (χ1n) is 11.5. The lowest BCUT2D eigenvalue weighted by atomic mass is 10.2. The number of esters is 1. The number of carbonyl (C=O) groups is 3. The van der Waals surface area contributed by atoms with E-state index in [1.807, 2.05) is 12.1 Å². The largest absolute Gasteiger partial charge is 0.462 e. The minimum Gasteiger partial charge on any atom is -0.462 e. The molecule has 0 radical (unpaired) electrons. The van der Waals surface area contributed by atoms with E-state index in [9.17, 15) is 14.4 Å². The Hall–Kier alpha value is -3.33. The Balaban J connectivity index is 1.54. The molecule has 0 bridgehead atoms. The van der Waals surface area contributed by atoms with Crippen LogP contribution in [-0.2, 0) is 20.9 Å². The maximum atomic E-state index is 13.4. The van der Waals surface area contributed by atoms with E-state index in [-0.39, 0.29) is 31.4 Å². The number of rotatable bonds is 8. The number of thioether (sulfide) groups is 1. The molecule has 0 aromatic heterocycles. The number of amidine groups is 1. The van der Waals surface area contributed by atoms with Crippen molar-refractivity contribution >= 4 is 69.3 Å². The molecule has 3 aromatic carbocycles. The van der Waals surface area contributed by atoms with E-state index in [2.05, 4.69) is 10.3 Å². The van der Waals surface area contributed by atoms with Crippen molar-refractivity contribution in [2.45, 2.75) is 25.1 Å². The monoisotopic (exact) mass is 555 g/mol. The lowest BCUT2D eigenvalue weighted by Crippen LogP contribution is -2.33. The van der Waals surface area contributed by atoms with Crippen LogP contribution in [0.25, 0.3) is 0 Å². The number of ether oxygens (including phenoxy) is 1. The van der Waals surface area contributed by atoms with Gasteiger partial charge in [0.15, 0.2) is 5.17 Å². The molecule has 3 aromatic rings. The van der Waals surface area contributed by atoms with E-state index in [4.69, 9.17) is 27.9 Å². The van der Waals surface area contributed by atoms with Crippen LogP contribution in [0.1, 0.15) is 29.3 Å². The van der Waals surface area contributed by atoms with Crippen molar-refractivity contribution < 1.29 is 19.1 Å². The second-order valence-corrected chi connectivity index (χ2v) is 10.1. The van der Waals surface area contributed by atoms with Gasteiger partial charge in [0.2, 0.25) is 11.8 Å². The number of aliphatic imine (C=N–C) groups is 1. The average molecular weight is 556 g/mol. The molecule has 1 fully saturated rings. The predicted molar refractivity (Wildman–Crippen MR) is 148 cm³/mol. The first kappa shape index (κ1) is 26.7. The van der Waals surface area contributed by atoms with Gasteiger partial charge in [0.05, 0.1) is 24.4 Å². The van der Waals surface area contributed by atoms with Gasteiger partial charge in [0, 0.05) is 22.2 Å². The molecule has 0 saturated carbocycles. The molecule has 1 aliphatic heterocycles. The van der Waals surface area contributed by atoms with Crippen molar-refractivity contribution in [2.24, 2.45) is 4.99 Å². The molecular formula is C27H23Cl2N3O4S. The number of anilines is 1. The number of amides is 2. The minimum atomic E-state index is -0.649. The van der Waals surface area contributed by atoms with Gasteiger partial charge in [-0.15, -0.1) is 0 Å². The zero-order valence-electron chi connectivity index (χ0n) is 19.8. The summed E-state index contributed by atoms with van der Waals surface area (Å²) in [4.78, 5) is 44.3. The van der Waals surface area contributed by atoms with Crippen LogP contribution in [0.15, 0.2) is 77.8 Å². The van der Waals surface area contributed by atoms with E-state index in [1.54, 1.807) is 72.5 Å². The number of hydrogen-bond donors (Lipinski definition) is 1. The highest BCUT2D eigenvalue weighted by molar-refractivity contribution is 8.15. The standard InChI is InChI=1S/C27H23Cl2N3O4S/c1-2-36-26(35)18-8-12-21(13-9-18)31-27-32(16-17-6-10-19(28)11-7-17)25(34)23(37-27)15-24(33)30-22-5-3-4-20(29)14-22/h3-14,23H,2,15-16H2,1H3,(H,30,33). The fourth-order valence-electron chi connectivity index (χ4n) is 3.59. The van der Waals surface area contributed by atoms with Crippen molar-refractivity contribution in [3.8, 4) is 0 Å². The highest BCUT2D eigenvalue weighted by Gasteiger charge is 2.39. The number of hydrogen-bond acceptors (Lipinski definition) is 6. The zero-order valence-corrected chi connectivity index (χ0v) is 22.1. The van der Waals surface area contributed by atoms with E-state index in [1.165, 1.54) is 11.8 Å². The van der Waals surface area contributed by atoms with Crippen molar-refractivity contribution in [2.75, 3.05) is 11.9 Å². The zero-order chi connectivity index (χ0) is 26.4. The Morgan fingerprint density at radius 1 is 1.03 bits per heavy atom. The minimum absolute atomic E-state index is 0.0338. The number of nitrogens with zero attached hydrogens (tertiary/aromatic N) is 2. The Bertz CT molecular complexity index is 1330. The van der Waals surface area contributed by atoms with E-state index in [0.29, 0.717) is 32.2 Å². The van der Waals surface area contributed by atoms with Crippen molar-refractivity contribution in [1.29, 1.82) is 0 Å². The summed E-state index contributed by atoms with van der Waals surface area (Å²) >= 11 is 13.2. The Labute approximate surface area is 228 Å². The van der Waals surface area contributed by atoms with Crippen LogP contribution < -0.4 is 5.32 Å². The van der Waals surface area contributed by atoms with Crippen LogP contribution in [0.2, 0.25) is 10.0 Å². The molecule has 1 aliphatic rings. The van der Waals surface area contributed by atoms with Gasteiger partial charge in [-0.3, -0.25) is 14.5 Å². The summed E-state index contributed by atoms with van der Waals surface area (Å²) in [5, 5.41) is 3.70. The van der Waals surface area contributed by atoms with E-state index >= 15 is 0 Å². The highest BCUT2D eigenvalue weighted by atomic mass is 35.5. The summed E-state index contributed by atoms with van der Waals surface area (Å²) in [6.07, 6.45) is -0.0338. The van der Waals surface area contributed by atoms with Gasteiger partial charge in [-0.1, -0.05) is 53.2 Å². The van der Waals surface area contributed by atoms with Gasteiger partial charge in [0.1, 0.15) is 5.25 Å². The van der Waals surface area contributed by atoms with Crippen LogP contribution in [0.5, 0.6) is 0 Å². The molecule has 190 valence electrons. The predicted octanol–water partition coefficient (Wildman–Crippen LogP) is 6.33. The third-order valence-corrected chi connectivity index (χ3v) is 7.02. The molecule has 1 N–H and O–H groups in total. The first-order valence-corrected chi connectivity index (χ1v) is 13.1. The average Bonchev–Trinajstić information content (AvgIpc) is 3.14. The summed E-state index contributed by atoms with van der Waals surface area (Å²) in [5.41, 5.74) is 2.40. The molecular weight excluding hydrogens is 533 g/mol. The normalized spacial score (nSPS) is 16.2. The van der Waals surface area contributed by atoms with Gasteiger partial charge in [-0.2, -0.15) is 0 Å². The number of benzene rings is 3. The van der Waals surface area contributed by atoms with Crippen LogP contribution in [0, 0.1) is 0 Å². The third-order valence-electron chi connectivity index (χ3n) is 5.36. The smallest absolute Gasteiger partial charge is 0.338 e. The van der Waals surface area contributed by atoms with Crippen LogP contribution in [0.4, 0.5) is 11.4 Å². The number of nitrogens with one attached hydrogen (secondary N) is 1. The number of carbonyl (C=O) groups excluding carboxylic acids is 3. The molecule has 1 unspecified atom stereocenters. The van der Waals surface area contributed by atoms with Gasteiger partial charge >= 0.3 is 5.97 Å². The second-order valence-electron chi connectivity index (χ2n) is 8.08. The summed E-state index contributed by atoms with van der Waals surface area (Å²) in [6, 6.07) is 20.6. The molecule has 0 aliphatic carbocycles. The Morgan fingerprint density at radius 3 is 2.43 bits per heavy atom. The van der Waals surface area contributed by atoms with Gasteiger partial charge in [0.25, 0.3) is 0 Å². The SMILES string of the molecule is CCOC(=O)c1ccc(N=C2SC(CC(=O)Nc3cccc(Cl)c3)C(=O)N2Cc2ccc(Cl)cc2)cc1. The van der Waals surface area contributed by atoms with E-state index < -0.39 is 11.2 Å². The summed E-state index contributed by atoms with van der Waals surface area (Å²) in [5.74, 6) is -0.940. The maximum Gasteiger partial charge on any atom is 0.338 e. The molecule has 10 heteroatoms. The molecule has 2 amide bonds. The second kappa shape index (κ2) is 12.3. The Morgan fingerprint density at radius 2 is 1.76 bits per heavy atom. The maximum absolute atomic E-state index is 13.4. The first-order chi connectivity index (χ1) is 17.8. The van der Waals surface area contributed by atoms with Crippen molar-refractivity contribution in [3.63, 3.8) is 0 Å². The topological polar surface area (TPSA) is 88.1 Å². The molecule has 4 rings (SSSR count). The highest BCUT2D eigenvalue weighted by Crippen LogP contribution is 2.33. The summed E-state index contributed by atoms with van der Waals surface area (Å²) in [7, 11) is 0. The lowest BCUT2D eigenvalue weighted by Gasteiger charge is -2.17. The molecule has 1 atom stereocenters. The fraction of sp³-hybridized carbons (Fsp3) is 0.185. The molecule has 0 spiro atoms. The Kier molecular flexibility index (Phi) is 8.87. The van der Waals surface area contributed by atoms with Crippen LogP contribution >= 0.6 is 35.0 Å². The molecule has 7 nitrogen and oxygen atoms in total. The summed E-state index contributed by atoms with van der Waals surface area (Å²) in [6.45, 7) is 2.30. The molecule has 1 saturated heterocycles. The van der Waals surface area contributed by atoms with E-state index in [0.717, 1.165) is 5.56 Å². The third kappa shape index (κ3) is 7.13. The van der Waals surface area contributed by atoms with Gasteiger partial charge in [-0.25, -0.2) is 9.79 Å². The number of halogens is 2. The van der Waals surface area contributed by atoms with Crippen molar-refractivity contribution in [1.82, 2.24) is 4.90 Å². The van der Waals surface area contributed by atoms with Gasteiger partial charge < -0.3 is 10.1 Å². The lowest BCUT2D eigenvalue weighted by molar-refractivity contribution is -0.128. The fourth-order valence-corrected chi connectivity index (χ4v) is 5.06.